The Morgan fingerprint density at radius 1 is 1.12 bits per heavy atom. The number of carbonyl (C=O) groups excluding carboxylic acids is 1. The topological polar surface area (TPSA) is 67.8 Å². The van der Waals surface area contributed by atoms with E-state index in [9.17, 15) is 14.9 Å². The van der Waals surface area contributed by atoms with Crippen molar-refractivity contribution in [2.75, 3.05) is 4.90 Å². The first-order chi connectivity index (χ1) is 12.6. The van der Waals surface area contributed by atoms with Crippen LogP contribution < -0.4 is 4.90 Å². The van der Waals surface area contributed by atoms with Crippen molar-refractivity contribution in [3.05, 3.63) is 70.1 Å². The quantitative estimate of drug-likeness (QED) is 0.360. The van der Waals surface area contributed by atoms with E-state index >= 15 is 0 Å². The molecule has 0 spiro atoms. The van der Waals surface area contributed by atoms with E-state index in [-0.39, 0.29) is 35.3 Å². The average molecular weight is 345 g/mol. The molecule has 26 heavy (non-hydrogen) atoms. The van der Waals surface area contributed by atoms with Gasteiger partial charge in [0, 0.05) is 11.5 Å². The van der Waals surface area contributed by atoms with Gasteiger partial charge in [0.05, 0.1) is 27.8 Å². The van der Waals surface area contributed by atoms with Crippen LogP contribution in [0.2, 0.25) is 0 Å². The van der Waals surface area contributed by atoms with E-state index in [1.807, 2.05) is 0 Å². The van der Waals surface area contributed by atoms with Gasteiger partial charge in [0.1, 0.15) is 0 Å². The minimum Gasteiger partial charge on any atom is -0.289 e. The molecular formula is C20H15N3O3. The van der Waals surface area contributed by atoms with Gasteiger partial charge in [-0.05, 0) is 30.4 Å². The molecule has 6 nitrogen and oxygen atoms in total. The number of benzene rings is 2. The summed E-state index contributed by atoms with van der Waals surface area (Å²) in [6, 6.07) is 10.1. The summed E-state index contributed by atoms with van der Waals surface area (Å²) in [4.78, 5) is 29.6. The summed E-state index contributed by atoms with van der Waals surface area (Å²) in [5.74, 6) is 0.354. The molecule has 1 saturated carbocycles. The average Bonchev–Trinajstić information content (AvgIpc) is 3.33. The van der Waals surface area contributed by atoms with Crippen molar-refractivity contribution >= 4 is 28.1 Å². The lowest BCUT2D eigenvalue weighted by molar-refractivity contribution is -0.383. The van der Waals surface area contributed by atoms with Crippen LogP contribution in [0.4, 0.5) is 11.4 Å². The number of carbonyl (C=O) groups is 1. The van der Waals surface area contributed by atoms with E-state index in [2.05, 4.69) is 17.0 Å². The summed E-state index contributed by atoms with van der Waals surface area (Å²) in [6.45, 7) is 7.72. The van der Waals surface area contributed by atoms with E-state index in [4.69, 9.17) is 6.57 Å². The molecular weight excluding hydrogens is 330 g/mol. The van der Waals surface area contributed by atoms with Gasteiger partial charge in [-0.1, -0.05) is 30.4 Å². The van der Waals surface area contributed by atoms with Crippen molar-refractivity contribution in [1.82, 2.24) is 0 Å². The van der Waals surface area contributed by atoms with Crippen molar-refractivity contribution in [2.24, 2.45) is 23.7 Å². The molecule has 3 aliphatic rings. The second-order valence-electron chi connectivity index (χ2n) is 7.21. The molecule has 5 rings (SSSR count). The Morgan fingerprint density at radius 2 is 1.85 bits per heavy atom. The van der Waals surface area contributed by atoms with Crippen molar-refractivity contribution in [2.45, 2.75) is 12.6 Å². The Balaban J connectivity index is 1.69. The maximum Gasteiger partial charge on any atom is 0.308 e. The molecule has 2 aliphatic carbocycles. The highest BCUT2D eigenvalue weighted by molar-refractivity contribution is 6.09. The Bertz CT molecular complexity index is 1040. The zero-order valence-corrected chi connectivity index (χ0v) is 13.8. The molecule has 6 heteroatoms. The van der Waals surface area contributed by atoms with Gasteiger partial charge in [0.15, 0.2) is 0 Å². The zero-order valence-electron chi connectivity index (χ0n) is 13.8. The fourth-order valence-corrected chi connectivity index (χ4v) is 5.12. The maximum atomic E-state index is 13.2. The van der Waals surface area contributed by atoms with E-state index < -0.39 is 11.1 Å². The predicted octanol–water partition coefficient (Wildman–Crippen LogP) is 3.78. The summed E-state index contributed by atoms with van der Waals surface area (Å²) in [6.07, 6.45) is 4.68. The Morgan fingerprint density at radius 3 is 2.58 bits per heavy atom. The Hall–Kier alpha value is -3.20. The van der Waals surface area contributed by atoms with Gasteiger partial charge < -0.3 is 0 Å². The van der Waals surface area contributed by atoms with Crippen LogP contribution >= 0.6 is 0 Å². The number of anilines is 1. The largest absolute Gasteiger partial charge is 0.308 e. The zero-order chi connectivity index (χ0) is 18.0. The smallest absolute Gasteiger partial charge is 0.289 e. The van der Waals surface area contributed by atoms with Crippen molar-refractivity contribution in [3.63, 3.8) is 0 Å². The highest BCUT2D eigenvalue weighted by Gasteiger charge is 2.63. The van der Waals surface area contributed by atoms with Gasteiger partial charge in [-0.3, -0.25) is 19.8 Å². The lowest BCUT2D eigenvalue weighted by atomic mass is 9.84. The van der Waals surface area contributed by atoms with Gasteiger partial charge in [-0.15, -0.1) is 0 Å². The Labute approximate surface area is 149 Å². The van der Waals surface area contributed by atoms with E-state index in [0.29, 0.717) is 16.5 Å². The van der Waals surface area contributed by atoms with E-state index in [1.165, 1.54) is 6.07 Å². The minimum absolute atomic E-state index is 0.0114. The molecule has 2 unspecified atom stereocenters. The van der Waals surface area contributed by atoms with Crippen LogP contribution in [-0.2, 0) is 4.79 Å². The van der Waals surface area contributed by atoms with Crippen molar-refractivity contribution in [1.29, 1.82) is 0 Å². The van der Waals surface area contributed by atoms with Crippen LogP contribution in [0, 0.1) is 40.4 Å². The molecule has 1 aliphatic heterocycles. The SMILES string of the molecule is [C-]#[N+][C@H]1[C@@H]2C3C=CC(C3)[C@@H]2C(=O)N1c1ccc([N+](=O)[O-])c2ccccc12. The molecule has 0 N–H and O–H groups in total. The van der Waals surface area contributed by atoms with Crippen LogP contribution in [0.15, 0.2) is 48.6 Å². The number of non-ortho nitro benzene ring substituents is 1. The molecule has 0 aromatic heterocycles. The number of nitrogens with zero attached hydrogens (tertiary/aromatic N) is 3. The molecule has 128 valence electrons. The molecule has 2 bridgehead atoms. The molecule has 2 fully saturated rings. The summed E-state index contributed by atoms with van der Waals surface area (Å²) in [7, 11) is 0. The maximum absolute atomic E-state index is 13.2. The predicted molar refractivity (Wildman–Crippen MR) is 96.2 cm³/mol. The fourth-order valence-electron chi connectivity index (χ4n) is 5.12. The van der Waals surface area contributed by atoms with Crippen LogP contribution in [-0.4, -0.2) is 17.0 Å². The van der Waals surface area contributed by atoms with Gasteiger partial charge in [0.2, 0.25) is 5.91 Å². The van der Waals surface area contributed by atoms with Crippen molar-refractivity contribution in [3.8, 4) is 0 Å². The van der Waals surface area contributed by atoms with Crippen LogP contribution in [0.25, 0.3) is 15.6 Å². The third-order valence-electron chi connectivity index (χ3n) is 6.12. The molecule has 0 radical (unpaired) electrons. The molecule has 5 atom stereocenters. The summed E-state index contributed by atoms with van der Waals surface area (Å²) in [5, 5.41) is 12.5. The Kier molecular flexibility index (Phi) is 2.99. The fraction of sp³-hybridized carbons (Fsp3) is 0.300. The normalized spacial score (nSPS) is 31.4. The third-order valence-corrected chi connectivity index (χ3v) is 6.12. The van der Waals surface area contributed by atoms with Gasteiger partial charge >= 0.3 is 6.17 Å². The lowest BCUT2D eigenvalue weighted by Gasteiger charge is -2.22. The van der Waals surface area contributed by atoms with Crippen LogP contribution in [0.3, 0.4) is 0 Å². The first-order valence-electron chi connectivity index (χ1n) is 8.66. The van der Waals surface area contributed by atoms with Gasteiger partial charge in [-0.25, -0.2) is 11.5 Å². The number of amides is 1. The highest BCUT2D eigenvalue weighted by Crippen LogP contribution is 2.56. The molecule has 1 heterocycles. The second kappa shape index (κ2) is 5.15. The molecule has 1 saturated heterocycles. The molecule has 2 aromatic rings. The molecule has 2 aromatic carbocycles. The third kappa shape index (κ3) is 1.77. The summed E-state index contributed by atoms with van der Waals surface area (Å²) in [5.41, 5.74) is 0.614. The van der Waals surface area contributed by atoms with Gasteiger partial charge in [-0.2, -0.15) is 0 Å². The van der Waals surface area contributed by atoms with Crippen LogP contribution in [0.1, 0.15) is 6.42 Å². The lowest BCUT2D eigenvalue weighted by Crippen LogP contribution is -2.35. The first kappa shape index (κ1) is 15.1. The monoisotopic (exact) mass is 345 g/mol. The first-order valence-corrected chi connectivity index (χ1v) is 8.66. The molecule has 1 amide bonds. The van der Waals surface area contributed by atoms with E-state index in [0.717, 1.165) is 6.42 Å². The number of nitro benzene ring substituents is 1. The number of rotatable bonds is 2. The standard InChI is InChI=1S/C20H15N3O3/c1-21-19-17-11-6-7-12(10-11)18(17)20(24)22(19)15-8-9-16(23(25)26)14-5-3-2-4-13(14)15/h2-9,11-12,17-19H,10H2/t11?,12?,17-,18+,19-/m1/s1. The number of hydrogen-bond donors (Lipinski definition) is 0. The van der Waals surface area contributed by atoms with Crippen molar-refractivity contribution < 1.29 is 9.72 Å². The van der Waals surface area contributed by atoms with Gasteiger partial charge in [0.25, 0.3) is 5.69 Å². The number of nitro groups is 1. The van der Waals surface area contributed by atoms with Crippen LogP contribution in [0.5, 0.6) is 0 Å². The second-order valence-corrected chi connectivity index (χ2v) is 7.21. The van der Waals surface area contributed by atoms with E-state index in [1.54, 1.807) is 35.2 Å². The number of fused-ring (bicyclic) bond motifs is 6. The number of allylic oxidation sites excluding steroid dienone is 2. The minimum atomic E-state index is -0.544. The summed E-state index contributed by atoms with van der Waals surface area (Å²) < 4.78 is 0. The summed E-state index contributed by atoms with van der Waals surface area (Å²) >= 11 is 0. The number of hydrogen-bond acceptors (Lipinski definition) is 3. The highest BCUT2D eigenvalue weighted by atomic mass is 16.6.